The van der Waals surface area contributed by atoms with Crippen molar-refractivity contribution in [1.29, 1.82) is 0 Å². The SMILES string of the molecule is CCOc1cc(C2Nc3cccc4cccc(c34)N2)ccc1OCCOc1cccc(Br)c1. The van der Waals surface area contributed by atoms with Crippen molar-refractivity contribution in [3.05, 3.63) is 88.9 Å². The Morgan fingerprint density at radius 1 is 0.758 bits per heavy atom. The summed E-state index contributed by atoms with van der Waals surface area (Å²) in [5.74, 6) is 2.23. The molecular formula is C27H25BrN2O3. The van der Waals surface area contributed by atoms with Gasteiger partial charge in [0.05, 0.1) is 6.61 Å². The third-order valence-electron chi connectivity index (χ3n) is 5.51. The minimum atomic E-state index is -0.0707. The summed E-state index contributed by atoms with van der Waals surface area (Å²) in [5, 5.41) is 9.65. The van der Waals surface area contributed by atoms with Crippen molar-refractivity contribution in [3.8, 4) is 17.2 Å². The molecule has 6 heteroatoms. The van der Waals surface area contributed by atoms with Gasteiger partial charge >= 0.3 is 0 Å². The number of rotatable bonds is 8. The van der Waals surface area contributed by atoms with E-state index in [2.05, 4.69) is 69.0 Å². The zero-order chi connectivity index (χ0) is 22.6. The van der Waals surface area contributed by atoms with Crippen LogP contribution in [-0.4, -0.2) is 19.8 Å². The van der Waals surface area contributed by atoms with Crippen molar-refractivity contribution in [2.24, 2.45) is 0 Å². The quantitative estimate of drug-likeness (QED) is 0.253. The number of anilines is 2. The van der Waals surface area contributed by atoms with Crippen LogP contribution in [0.2, 0.25) is 0 Å². The molecule has 0 saturated carbocycles. The molecule has 0 amide bonds. The lowest BCUT2D eigenvalue weighted by Gasteiger charge is -2.30. The fourth-order valence-electron chi connectivity index (χ4n) is 4.05. The summed E-state index contributed by atoms with van der Waals surface area (Å²) in [4.78, 5) is 0. The first-order chi connectivity index (χ1) is 16.2. The van der Waals surface area contributed by atoms with Crippen molar-refractivity contribution >= 4 is 38.1 Å². The van der Waals surface area contributed by atoms with Gasteiger partial charge in [-0.2, -0.15) is 0 Å². The normalized spacial score (nSPS) is 12.7. The molecule has 0 saturated heterocycles. The van der Waals surface area contributed by atoms with Gasteiger partial charge in [0.1, 0.15) is 25.1 Å². The molecule has 2 N–H and O–H groups in total. The van der Waals surface area contributed by atoms with Crippen LogP contribution in [-0.2, 0) is 0 Å². The number of nitrogens with one attached hydrogen (secondary N) is 2. The Balaban J connectivity index is 1.29. The third kappa shape index (κ3) is 4.71. The summed E-state index contributed by atoms with van der Waals surface area (Å²) in [6, 6.07) is 26.5. The second-order valence-corrected chi connectivity index (χ2v) is 8.64. The van der Waals surface area contributed by atoms with E-state index in [1.807, 2.05) is 43.3 Å². The van der Waals surface area contributed by atoms with E-state index in [1.165, 1.54) is 10.8 Å². The second kappa shape index (κ2) is 9.63. The molecule has 4 aromatic rings. The average Bonchev–Trinajstić information content (AvgIpc) is 2.83. The monoisotopic (exact) mass is 504 g/mol. The van der Waals surface area contributed by atoms with Crippen LogP contribution in [0.1, 0.15) is 18.7 Å². The van der Waals surface area contributed by atoms with Gasteiger partial charge in [0, 0.05) is 21.2 Å². The van der Waals surface area contributed by atoms with Crippen molar-refractivity contribution in [2.45, 2.75) is 13.1 Å². The van der Waals surface area contributed by atoms with Crippen LogP contribution < -0.4 is 24.8 Å². The number of halogens is 1. The molecule has 0 aliphatic carbocycles. The maximum Gasteiger partial charge on any atom is 0.161 e. The van der Waals surface area contributed by atoms with E-state index in [4.69, 9.17) is 14.2 Å². The van der Waals surface area contributed by atoms with Gasteiger partial charge in [-0.15, -0.1) is 0 Å². The fourth-order valence-corrected chi connectivity index (χ4v) is 4.43. The van der Waals surface area contributed by atoms with Gasteiger partial charge in [-0.25, -0.2) is 0 Å². The predicted molar refractivity (Wildman–Crippen MR) is 137 cm³/mol. The Hall–Kier alpha value is -3.38. The highest BCUT2D eigenvalue weighted by molar-refractivity contribution is 9.10. The molecular weight excluding hydrogens is 480 g/mol. The van der Waals surface area contributed by atoms with Crippen LogP contribution in [0.15, 0.2) is 83.3 Å². The molecule has 0 spiro atoms. The van der Waals surface area contributed by atoms with Crippen molar-refractivity contribution in [2.75, 3.05) is 30.5 Å². The lowest BCUT2D eigenvalue weighted by molar-refractivity contribution is 0.208. The van der Waals surface area contributed by atoms with Crippen molar-refractivity contribution < 1.29 is 14.2 Å². The summed E-state index contributed by atoms with van der Waals surface area (Å²) in [5.41, 5.74) is 3.31. The van der Waals surface area contributed by atoms with E-state index in [9.17, 15) is 0 Å². The number of hydrogen-bond acceptors (Lipinski definition) is 5. The molecule has 5 nitrogen and oxygen atoms in total. The van der Waals surface area contributed by atoms with Gasteiger partial charge in [-0.1, -0.05) is 52.3 Å². The molecule has 0 fully saturated rings. The Morgan fingerprint density at radius 2 is 1.48 bits per heavy atom. The molecule has 1 aliphatic heterocycles. The lowest BCUT2D eigenvalue weighted by Crippen LogP contribution is -2.23. The third-order valence-corrected chi connectivity index (χ3v) is 6.00. The maximum atomic E-state index is 5.98. The molecule has 5 rings (SSSR count). The van der Waals surface area contributed by atoms with Crippen LogP contribution in [0.3, 0.4) is 0 Å². The standard InChI is InChI=1S/C27H25BrN2O3/c1-2-31-25-16-19(12-13-24(25)33-15-14-32-21-9-5-8-20(28)17-21)27-29-22-10-3-6-18-7-4-11-23(30-27)26(18)22/h3-13,16-17,27,29-30H,2,14-15H2,1H3. The topological polar surface area (TPSA) is 51.8 Å². The van der Waals surface area contributed by atoms with Gasteiger partial charge in [-0.05, 0) is 60.3 Å². The maximum absolute atomic E-state index is 5.98. The number of ether oxygens (including phenoxy) is 3. The largest absolute Gasteiger partial charge is 0.490 e. The molecule has 1 aliphatic rings. The minimum absolute atomic E-state index is 0.0707. The molecule has 0 radical (unpaired) electrons. The van der Waals surface area contributed by atoms with Crippen LogP contribution in [0.25, 0.3) is 10.8 Å². The second-order valence-electron chi connectivity index (χ2n) is 7.72. The van der Waals surface area contributed by atoms with E-state index in [0.29, 0.717) is 25.6 Å². The first-order valence-corrected chi connectivity index (χ1v) is 11.8. The van der Waals surface area contributed by atoms with Crippen LogP contribution in [0, 0.1) is 0 Å². The van der Waals surface area contributed by atoms with E-state index >= 15 is 0 Å². The minimum Gasteiger partial charge on any atom is -0.490 e. The summed E-state index contributed by atoms with van der Waals surface area (Å²) < 4.78 is 18.6. The molecule has 1 heterocycles. The van der Waals surface area contributed by atoms with Crippen molar-refractivity contribution in [1.82, 2.24) is 0 Å². The van der Waals surface area contributed by atoms with Gasteiger partial charge in [0.25, 0.3) is 0 Å². The van der Waals surface area contributed by atoms with E-state index in [0.717, 1.165) is 32.9 Å². The Morgan fingerprint density at radius 3 is 2.21 bits per heavy atom. The first kappa shape index (κ1) is 21.5. The Labute approximate surface area is 201 Å². The predicted octanol–water partition coefficient (Wildman–Crippen LogP) is 7.00. The van der Waals surface area contributed by atoms with Crippen LogP contribution in [0.5, 0.6) is 17.2 Å². The molecule has 0 bridgehead atoms. The molecule has 33 heavy (non-hydrogen) atoms. The van der Waals surface area contributed by atoms with Gasteiger partial charge < -0.3 is 24.8 Å². The zero-order valence-corrected chi connectivity index (χ0v) is 19.9. The molecule has 0 aromatic heterocycles. The Bertz CT molecular complexity index is 1240. The lowest BCUT2D eigenvalue weighted by atomic mass is 10.0. The van der Waals surface area contributed by atoms with Crippen molar-refractivity contribution in [3.63, 3.8) is 0 Å². The highest BCUT2D eigenvalue weighted by Gasteiger charge is 2.21. The van der Waals surface area contributed by atoms with Crippen LogP contribution >= 0.6 is 15.9 Å². The molecule has 0 atom stereocenters. The van der Waals surface area contributed by atoms with E-state index < -0.39 is 0 Å². The van der Waals surface area contributed by atoms with Gasteiger partial charge in [-0.3, -0.25) is 0 Å². The Kier molecular flexibility index (Phi) is 6.26. The average molecular weight is 505 g/mol. The molecule has 4 aromatic carbocycles. The van der Waals surface area contributed by atoms with E-state index in [-0.39, 0.29) is 6.17 Å². The van der Waals surface area contributed by atoms with Gasteiger partial charge in [0.2, 0.25) is 0 Å². The molecule has 0 unspecified atom stereocenters. The number of hydrogen-bond donors (Lipinski definition) is 2. The van der Waals surface area contributed by atoms with Crippen LogP contribution in [0.4, 0.5) is 11.4 Å². The highest BCUT2D eigenvalue weighted by atomic mass is 79.9. The fraction of sp³-hybridized carbons (Fsp3) is 0.185. The first-order valence-electron chi connectivity index (χ1n) is 11.0. The molecule has 168 valence electrons. The number of benzene rings is 4. The summed E-state index contributed by atoms with van der Waals surface area (Å²) in [6.45, 7) is 3.39. The summed E-state index contributed by atoms with van der Waals surface area (Å²) in [7, 11) is 0. The van der Waals surface area contributed by atoms with Gasteiger partial charge in [0.15, 0.2) is 11.5 Å². The summed E-state index contributed by atoms with van der Waals surface area (Å²) in [6.07, 6.45) is -0.0707. The highest BCUT2D eigenvalue weighted by Crippen LogP contribution is 2.40. The smallest absolute Gasteiger partial charge is 0.161 e. The van der Waals surface area contributed by atoms with E-state index in [1.54, 1.807) is 0 Å². The zero-order valence-electron chi connectivity index (χ0n) is 18.3. The summed E-state index contributed by atoms with van der Waals surface area (Å²) >= 11 is 3.45.